The molecule has 0 unspecified atom stereocenters. The molecule has 0 aliphatic heterocycles. The molecule has 1 aliphatic carbocycles. The maximum atomic E-state index is 12.3. The molecule has 1 N–H and O–H groups in total. The Morgan fingerprint density at radius 2 is 2.08 bits per heavy atom. The van der Waals surface area contributed by atoms with Crippen LogP contribution in [-0.4, -0.2) is 35.1 Å². The van der Waals surface area contributed by atoms with Crippen LogP contribution >= 0.6 is 11.3 Å². The third-order valence-corrected chi connectivity index (χ3v) is 4.59. The molecule has 2 aromatic heterocycles. The van der Waals surface area contributed by atoms with Gasteiger partial charge in [0.25, 0.3) is 5.91 Å². The van der Waals surface area contributed by atoms with E-state index in [-0.39, 0.29) is 12.0 Å². The molecule has 0 radical (unpaired) electrons. The topological polar surface area (TPSA) is 90.4 Å². The third kappa shape index (κ3) is 3.88. The number of methoxy groups -OCH3 is 1. The summed E-state index contributed by atoms with van der Waals surface area (Å²) in [5.74, 6) is -0.368. The normalized spacial score (nSPS) is 14.4. The monoisotopic (exact) mass is 347 g/mol. The van der Waals surface area contributed by atoms with E-state index in [9.17, 15) is 9.59 Å². The van der Waals surface area contributed by atoms with Crippen LogP contribution in [0.3, 0.4) is 0 Å². The number of ether oxygens (including phenoxy) is 2. The summed E-state index contributed by atoms with van der Waals surface area (Å²) >= 11 is 1.05. The van der Waals surface area contributed by atoms with Crippen molar-refractivity contribution in [2.75, 3.05) is 12.4 Å². The van der Waals surface area contributed by atoms with Crippen LogP contribution in [-0.2, 0) is 4.74 Å². The molecule has 1 saturated carbocycles. The number of carbonyl (C=O) groups excluding carboxylic acids is 2. The number of nitrogens with one attached hydrogen (secondary N) is 1. The highest BCUT2D eigenvalue weighted by Gasteiger charge is 2.18. The second-order valence-electron chi connectivity index (χ2n) is 5.38. The summed E-state index contributed by atoms with van der Waals surface area (Å²) in [7, 11) is 1.29. The lowest BCUT2D eigenvalue weighted by Crippen LogP contribution is -2.14. The minimum absolute atomic E-state index is 0.178. The first-order chi connectivity index (χ1) is 11.7. The Kier molecular flexibility index (Phi) is 5.05. The van der Waals surface area contributed by atoms with Crippen molar-refractivity contribution < 1.29 is 19.1 Å². The van der Waals surface area contributed by atoms with Crippen molar-refractivity contribution in [1.82, 2.24) is 9.97 Å². The Morgan fingerprint density at radius 3 is 2.83 bits per heavy atom. The zero-order chi connectivity index (χ0) is 16.9. The van der Waals surface area contributed by atoms with Crippen molar-refractivity contribution >= 4 is 28.3 Å². The zero-order valence-electron chi connectivity index (χ0n) is 13.2. The summed E-state index contributed by atoms with van der Waals surface area (Å²) in [6.45, 7) is 0. The van der Waals surface area contributed by atoms with E-state index in [1.54, 1.807) is 18.3 Å². The second-order valence-corrected chi connectivity index (χ2v) is 6.41. The molecule has 0 saturated heterocycles. The lowest BCUT2D eigenvalue weighted by molar-refractivity contribution is 0.0606. The van der Waals surface area contributed by atoms with E-state index in [1.807, 2.05) is 0 Å². The van der Waals surface area contributed by atoms with Crippen molar-refractivity contribution in [2.45, 2.75) is 31.8 Å². The predicted molar refractivity (Wildman–Crippen MR) is 88.5 cm³/mol. The number of hydrogen-bond donors (Lipinski definition) is 1. The van der Waals surface area contributed by atoms with Gasteiger partial charge in [-0.1, -0.05) is 11.3 Å². The van der Waals surface area contributed by atoms with E-state index in [1.165, 1.54) is 13.3 Å². The average molecular weight is 347 g/mol. The number of pyridine rings is 1. The van der Waals surface area contributed by atoms with E-state index in [4.69, 9.17) is 4.74 Å². The Balaban J connectivity index is 1.66. The van der Waals surface area contributed by atoms with Gasteiger partial charge in [0, 0.05) is 17.8 Å². The van der Waals surface area contributed by atoms with Gasteiger partial charge >= 0.3 is 5.97 Å². The van der Waals surface area contributed by atoms with Crippen LogP contribution in [0, 0.1) is 0 Å². The molecule has 3 rings (SSSR count). The number of nitrogens with zero attached hydrogens (tertiary/aromatic N) is 2. The van der Waals surface area contributed by atoms with Gasteiger partial charge in [-0.2, -0.15) is 0 Å². The Hall–Kier alpha value is -2.48. The van der Waals surface area contributed by atoms with Crippen LogP contribution in [0.2, 0.25) is 0 Å². The smallest absolute Gasteiger partial charge is 0.349 e. The summed E-state index contributed by atoms with van der Waals surface area (Å²) in [6, 6.07) is 3.22. The Morgan fingerprint density at radius 1 is 1.29 bits per heavy atom. The number of thiazole rings is 1. The number of aromatic nitrogens is 2. The van der Waals surface area contributed by atoms with Crippen molar-refractivity contribution in [1.29, 1.82) is 0 Å². The van der Waals surface area contributed by atoms with Crippen molar-refractivity contribution in [3.63, 3.8) is 0 Å². The lowest BCUT2D eigenvalue weighted by Gasteiger charge is -2.12. The molecule has 1 amide bonds. The molecule has 8 heteroatoms. The quantitative estimate of drug-likeness (QED) is 0.836. The summed E-state index contributed by atoms with van der Waals surface area (Å²) in [5, 5.41) is 2.98. The first kappa shape index (κ1) is 16.4. The van der Waals surface area contributed by atoms with Gasteiger partial charge in [-0.25, -0.2) is 14.8 Å². The highest BCUT2D eigenvalue weighted by Crippen LogP contribution is 2.24. The number of rotatable bonds is 5. The van der Waals surface area contributed by atoms with Gasteiger partial charge in [0.2, 0.25) is 5.88 Å². The van der Waals surface area contributed by atoms with Crippen molar-refractivity contribution in [2.24, 2.45) is 0 Å². The fourth-order valence-electron chi connectivity index (χ4n) is 2.49. The number of anilines is 1. The van der Waals surface area contributed by atoms with Crippen LogP contribution in [0.5, 0.6) is 5.88 Å². The molecule has 0 aromatic carbocycles. The van der Waals surface area contributed by atoms with E-state index < -0.39 is 5.97 Å². The van der Waals surface area contributed by atoms with Gasteiger partial charge in [-0.3, -0.25) is 10.1 Å². The zero-order valence-corrected chi connectivity index (χ0v) is 14.0. The lowest BCUT2D eigenvalue weighted by atomic mass is 10.2. The molecule has 2 aromatic rings. The number of hydrogen-bond acceptors (Lipinski definition) is 7. The van der Waals surface area contributed by atoms with E-state index in [0.29, 0.717) is 21.5 Å². The molecular formula is C16H17N3O4S. The maximum absolute atomic E-state index is 12.3. The van der Waals surface area contributed by atoms with Crippen LogP contribution in [0.25, 0.3) is 0 Å². The highest BCUT2D eigenvalue weighted by molar-refractivity contribution is 7.17. The van der Waals surface area contributed by atoms with Crippen molar-refractivity contribution in [3.05, 3.63) is 35.0 Å². The number of esters is 1. The summed E-state index contributed by atoms with van der Waals surface area (Å²) in [6.07, 6.45) is 7.46. The average Bonchev–Trinajstić information content (AvgIpc) is 3.26. The predicted octanol–water partition coefficient (Wildman–Crippen LogP) is 2.90. The van der Waals surface area contributed by atoms with Gasteiger partial charge in [0.15, 0.2) is 5.13 Å². The van der Waals surface area contributed by atoms with Crippen LogP contribution in [0.15, 0.2) is 24.5 Å². The first-order valence-corrected chi connectivity index (χ1v) is 8.45. The van der Waals surface area contributed by atoms with E-state index in [0.717, 1.165) is 37.0 Å². The summed E-state index contributed by atoms with van der Waals surface area (Å²) in [4.78, 5) is 32.2. The Labute approximate surface area is 143 Å². The molecular weight excluding hydrogens is 330 g/mol. The van der Waals surface area contributed by atoms with Crippen molar-refractivity contribution in [3.8, 4) is 5.88 Å². The molecule has 0 atom stereocenters. The van der Waals surface area contributed by atoms with E-state index >= 15 is 0 Å². The minimum Gasteiger partial charge on any atom is -0.474 e. The van der Waals surface area contributed by atoms with E-state index in [2.05, 4.69) is 20.0 Å². The molecule has 126 valence electrons. The minimum atomic E-state index is -0.482. The van der Waals surface area contributed by atoms with Crippen LogP contribution < -0.4 is 10.1 Å². The van der Waals surface area contributed by atoms with Crippen LogP contribution in [0.4, 0.5) is 5.13 Å². The molecule has 0 bridgehead atoms. The summed E-state index contributed by atoms with van der Waals surface area (Å²) in [5.41, 5.74) is 0.424. The molecule has 0 spiro atoms. The molecule has 1 aliphatic rings. The third-order valence-electron chi connectivity index (χ3n) is 3.70. The van der Waals surface area contributed by atoms with Gasteiger partial charge in [-0.05, 0) is 31.7 Å². The highest BCUT2D eigenvalue weighted by atomic mass is 32.1. The Bertz CT molecular complexity index is 740. The summed E-state index contributed by atoms with van der Waals surface area (Å²) < 4.78 is 10.4. The fraction of sp³-hybridized carbons (Fsp3) is 0.375. The number of carbonyl (C=O) groups is 2. The second kappa shape index (κ2) is 7.39. The maximum Gasteiger partial charge on any atom is 0.349 e. The van der Waals surface area contributed by atoms with Gasteiger partial charge < -0.3 is 9.47 Å². The fourth-order valence-corrected chi connectivity index (χ4v) is 3.22. The number of amides is 1. The van der Waals surface area contributed by atoms with Crippen LogP contribution in [0.1, 0.15) is 45.7 Å². The first-order valence-electron chi connectivity index (χ1n) is 7.64. The SMILES string of the molecule is COC(=O)c1cnc(NC(=O)c2ccnc(OC3CCCC3)c2)s1. The van der Waals surface area contributed by atoms with Gasteiger partial charge in [-0.15, -0.1) is 0 Å². The van der Waals surface area contributed by atoms with Gasteiger partial charge in [0.1, 0.15) is 11.0 Å². The molecule has 24 heavy (non-hydrogen) atoms. The standard InChI is InChI=1S/C16H17N3O4S/c1-22-15(21)12-9-18-16(24-12)19-14(20)10-6-7-17-13(8-10)23-11-4-2-3-5-11/h6-9,11H,2-5H2,1H3,(H,18,19,20). The molecule has 7 nitrogen and oxygen atoms in total. The molecule has 2 heterocycles. The molecule has 1 fully saturated rings. The largest absolute Gasteiger partial charge is 0.474 e. The van der Waals surface area contributed by atoms with Gasteiger partial charge in [0.05, 0.1) is 13.3 Å².